The van der Waals surface area contributed by atoms with Gasteiger partial charge in [0.2, 0.25) is 0 Å². The number of benzene rings is 1. The molecule has 2 atom stereocenters. The molecule has 1 aromatic carbocycles. The molecule has 0 radical (unpaired) electrons. The maximum absolute atomic E-state index is 13.9. The standard InChI is InChI=1S/C30H31N3O2S2/c1-4-21-17-22(30(37-21)36-5-2)27-26(29(35)33-25-13-9-10-14-31-25)18(3)32-23-15-20(16-24(34)28(23)27)19-11-7-6-8-12-19/h6-14,17,20,27,32H,4-5,15-16H2,1-3H3,(H,31,33,35)/t20-,27+/m0/s1. The van der Waals surface area contributed by atoms with E-state index < -0.39 is 5.92 Å². The maximum Gasteiger partial charge on any atom is 0.255 e. The molecule has 0 saturated heterocycles. The SMILES string of the molecule is CCSc1sc(CC)cc1[C@@H]1C(C(=O)Nc2ccccn2)=C(C)NC2=C1C(=O)C[C@@H](c1ccccc1)C2. The Labute approximate surface area is 226 Å². The Morgan fingerprint density at radius 3 is 2.62 bits per heavy atom. The second-order valence-corrected chi connectivity index (χ2v) is 12.0. The van der Waals surface area contributed by atoms with E-state index >= 15 is 0 Å². The molecule has 3 heterocycles. The molecule has 2 N–H and O–H groups in total. The summed E-state index contributed by atoms with van der Waals surface area (Å²) in [6.45, 7) is 6.23. The molecule has 1 aliphatic carbocycles. The number of Topliss-reactive ketones (excluding diaryl/α,β-unsaturated/α-hetero) is 1. The van der Waals surface area contributed by atoms with E-state index in [-0.39, 0.29) is 17.6 Å². The van der Waals surface area contributed by atoms with Crippen molar-refractivity contribution in [2.45, 2.75) is 56.1 Å². The number of allylic oxidation sites excluding steroid dienone is 3. The number of hydrogen-bond acceptors (Lipinski definition) is 6. The van der Waals surface area contributed by atoms with Crippen molar-refractivity contribution in [3.05, 3.63) is 99.3 Å². The third kappa shape index (κ3) is 5.15. The minimum absolute atomic E-state index is 0.111. The summed E-state index contributed by atoms with van der Waals surface area (Å²) in [6, 6.07) is 17.9. The van der Waals surface area contributed by atoms with E-state index in [0.717, 1.165) is 41.1 Å². The summed E-state index contributed by atoms with van der Waals surface area (Å²) in [5.74, 6) is 1.02. The molecular weight excluding hydrogens is 498 g/mol. The molecule has 3 aromatic rings. The van der Waals surface area contributed by atoms with Gasteiger partial charge in [-0.05, 0) is 60.8 Å². The van der Waals surface area contributed by atoms with Crippen LogP contribution in [0.1, 0.15) is 61.5 Å². The minimum Gasteiger partial charge on any atom is -0.362 e. The Balaban J connectivity index is 1.61. The summed E-state index contributed by atoms with van der Waals surface area (Å²) in [6.07, 6.45) is 3.76. The Bertz CT molecular complexity index is 1380. The first-order chi connectivity index (χ1) is 18.0. The number of thiophene rings is 1. The molecule has 0 saturated carbocycles. The van der Waals surface area contributed by atoms with Gasteiger partial charge in [0.1, 0.15) is 5.82 Å². The molecule has 2 aliphatic rings. The summed E-state index contributed by atoms with van der Waals surface area (Å²) in [7, 11) is 0. The molecule has 0 spiro atoms. The maximum atomic E-state index is 13.9. The Kier molecular flexibility index (Phi) is 7.63. The van der Waals surface area contributed by atoms with E-state index in [1.54, 1.807) is 35.4 Å². The van der Waals surface area contributed by atoms with Crippen molar-refractivity contribution >= 4 is 40.6 Å². The van der Waals surface area contributed by atoms with Gasteiger partial charge >= 0.3 is 0 Å². The number of nitrogens with zero attached hydrogens (tertiary/aromatic N) is 1. The summed E-state index contributed by atoms with van der Waals surface area (Å²) in [5.41, 5.74) is 5.30. The number of carbonyl (C=O) groups excluding carboxylic acids is 2. The first-order valence-electron chi connectivity index (χ1n) is 12.8. The van der Waals surface area contributed by atoms with E-state index in [2.05, 4.69) is 47.7 Å². The van der Waals surface area contributed by atoms with E-state index in [4.69, 9.17) is 0 Å². The molecule has 7 heteroatoms. The molecule has 0 unspecified atom stereocenters. The Morgan fingerprint density at radius 1 is 1.14 bits per heavy atom. The fourth-order valence-electron chi connectivity index (χ4n) is 5.29. The zero-order valence-corrected chi connectivity index (χ0v) is 23.0. The fourth-order valence-corrected chi connectivity index (χ4v) is 7.67. The van der Waals surface area contributed by atoms with Crippen molar-refractivity contribution in [1.29, 1.82) is 0 Å². The highest BCUT2D eigenvalue weighted by Gasteiger charge is 2.42. The van der Waals surface area contributed by atoms with Crippen molar-refractivity contribution in [3.8, 4) is 0 Å². The van der Waals surface area contributed by atoms with Crippen LogP contribution in [0.5, 0.6) is 0 Å². The smallest absolute Gasteiger partial charge is 0.255 e. The zero-order valence-electron chi connectivity index (χ0n) is 21.3. The number of aromatic nitrogens is 1. The topological polar surface area (TPSA) is 71.1 Å². The van der Waals surface area contributed by atoms with Gasteiger partial charge < -0.3 is 10.6 Å². The van der Waals surface area contributed by atoms with Crippen LogP contribution in [0.4, 0.5) is 5.82 Å². The number of hydrogen-bond donors (Lipinski definition) is 2. The van der Waals surface area contributed by atoms with E-state index in [9.17, 15) is 9.59 Å². The number of anilines is 1. The molecule has 0 bridgehead atoms. The lowest BCUT2D eigenvalue weighted by molar-refractivity contribution is -0.116. The third-order valence-electron chi connectivity index (χ3n) is 6.96. The highest BCUT2D eigenvalue weighted by Crippen LogP contribution is 2.49. The lowest BCUT2D eigenvalue weighted by Gasteiger charge is -2.37. The van der Waals surface area contributed by atoms with Crippen LogP contribution < -0.4 is 10.6 Å². The second kappa shape index (κ2) is 11.1. The molecular formula is C30H31N3O2S2. The van der Waals surface area contributed by atoms with Crippen LogP contribution in [0.15, 0.2) is 87.5 Å². The largest absolute Gasteiger partial charge is 0.362 e. The van der Waals surface area contributed by atoms with E-state index in [1.165, 1.54) is 14.6 Å². The van der Waals surface area contributed by atoms with Gasteiger partial charge in [0.15, 0.2) is 5.78 Å². The van der Waals surface area contributed by atoms with Gasteiger partial charge in [-0.3, -0.25) is 9.59 Å². The van der Waals surface area contributed by atoms with Crippen LogP contribution >= 0.6 is 23.1 Å². The van der Waals surface area contributed by atoms with Crippen LogP contribution in [0, 0.1) is 0 Å². The molecule has 2 aromatic heterocycles. The minimum atomic E-state index is -0.408. The molecule has 37 heavy (non-hydrogen) atoms. The van der Waals surface area contributed by atoms with Crippen LogP contribution in [-0.2, 0) is 16.0 Å². The van der Waals surface area contributed by atoms with Crippen molar-refractivity contribution < 1.29 is 9.59 Å². The predicted molar refractivity (Wildman–Crippen MR) is 152 cm³/mol. The lowest BCUT2D eigenvalue weighted by Crippen LogP contribution is -2.37. The fraction of sp³-hybridized carbons (Fsp3) is 0.300. The van der Waals surface area contributed by atoms with Crippen LogP contribution in [0.2, 0.25) is 0 Å². The summed E-state index contributed by atoms with van der Waals surface area (Å²) in [4.78, 5) is 33.2. The normalized spacial score (nSPS) is 19.5. The predicted octanol–water partition coefficient (Wildman–Crippen LogP) is 6.82. The second-order valence-electron chi connectivity index (χ2n) is 9.34. The van der Waals surface area contributed by atoms with Gasteiger partial charge in [-0.25, -0.2) is 4.98 Å². The Morgan fingerprint density at radius 2 is 1.92 bits per heavy atom. The molecule has 5 rings (SSSR count). The molecule has 0 fully saturated rings. The average molecular weight is 530 g/mol. The first-order valence-corrected chi connectivity index (χ1v) is 14.6. The van der Waals surface area contributed by atoms with E-state index in [1.807, 2.05) is 37.3 Å². The van der Waals surface area contributed by atoms with Crippen molar-refractivity contribution in [2.75, 3.05) is 11.1 Å². The number of pyridine rings is 1. The number of amides is 1. The number of nitrogens with one attached hydrogen (secondary N) is 2. The monoisotopic (exact) mass is 529 g/mol. The van der Waals surface area contributed by atoms with Crippen molar-refractivity contribution in [3.63, 3.8) is 0 Å². The number of dihydropyridines is 1. The average Bonchev–Trinajstić information content (AvgIpc) is 3.31. The van der Waals surface area contributed by atoms with Gasteiger partial charge in [-0.15, -0.1) is 23.1 Å². The van der Waals surface area contributed by atoms with Crippen molar-refractivity contribution in [2.24, 2.45) is 0 Å². The molecule has 1 aliphatic heterocycles. The van der Waals surface area contributed by atoms with Crippen LogP contribution in [0.25, 0.3) is 0 Å². The van der Waals surface area contributed by atoms with Crippen molar-refractivity contribution in [1.82, 2.24) is 10.3 Å². The summed E-state index contributed by atoms with van der Waals surface area (Å²) in [5, 5.41) is 6.46. The summed E-state index contributed by atoms with van der Waals surface area (Å²) < 4.78 is 1.19. The molecule has 1 amide bonds. The lowest BCUT2D eigenvalue weighted by atomic mass is 9.72. The van der Waals surface area contributed by atoms with Gasteiger partial charge in [-0.2, -0.15) is 0 Å². The Hall–Kier alpha value is -3.16. The number of rotatable bonds is 7. The first kappa shape index (κ1) is 25.5. The third-order valence-corrected chi connectivity index (χ3v) is 9.44. The number of carbonyl (C=O) groups is 2. The highest BCUT2D eigenvalue weighted by atomic mass is 32.2. The van der Waals surface area contributed by atoms with E-state index in [0.29, 0.717) is 17.8 Å². The highest BCUT2D eigenvalue weighted by molar-refractivity contribution is 8.01. The molecule has 5 nitrogen and oxygen atoms in total. The van der Waals surface area contributed by atoms with Gasteiger partial charge in [0.25, 0.3) is 5.91 Å². The summed E-state index contributed by atoms with van der Waals surface area (Å²) >= 11 is 3.56. The van der Waals surface area contributed by atoms with Gasteiger partial charge in [0.05, 0.1) is 4.21 Å². The molecule has 190 valence electrons. The van der Waals surface area contributed by atoms with Crippen LogP contribution in [0.3, 0.4) is 0 Å². The van der Waals surface area contributed by atoms with Gasteiger partial charge in [0, 0.05) is 46.0 Å². The number of thioether (sulfide) groups is 1. The zero-order chi connectivity index (χ0) is 25.9. The quantitative estimate of drug-likeness (QED) is 0.329. The number of ketones is 1. The van der Waals surface area contributed by atoms with Crippen LogP contribution in [-0.4, -0.2) is 22.4 Å². The number of aryl methyl sites for hydroxylation is 1. The van der Waals surface area contributed by atoms with Gasteiger partial charge in [-0.1, -0.05) is 50.2 Å².